The number of aryl methyl sites for hydroxylation is 14. The Labute approximate surface area is 630 Å². The summed E-state index contributed by atoms with van der Waals surface area (Å²) in [5, 5.41) is 9.92. The van der Waals surface area contributed by atoms with Crippen LogP contribution in [0.5, 0.6) is 0 Å². The third-order valence-electron chi connectivity index (χ3n) is 20.7. The summed E-state index contributed by atoms with van der Waals surface area (Å²) in [6.45, 7) is 19.0. The van der Waals surface area contributed by atoms with Gasteiger partial charge < -0.3 is 22.1 Å². The number of furan rings is 5. The van der Waals surface area contributed by atoms with E-state index < -0.39 is 0 Å². The van der Waals surface area contributed by atoms with Crippen LogP contribution in [-0.4, -0.2) is 24.9 Å². The van der Waals surface area contributed by atoms with Gasteiger partial charge in [-0.2, -0.15) is 0 Å². The molecule has 0 aliphatic rings. The Kier molecular flexibility index (Phi) is 18.5. The summed E-state index contributed by atoms with van der Waals surface area (Å²) in [5.74, 6) is 0. The quantitative estimate of drug-likeness (QED) is 0.152. The number of benzene rings is 5. The lowest BCUT2D eigenvalue weighted by atomic mass is 10.00. The molecule has 0 saturated heterocycles. The molecule has 0 N–H and O–H groups in total. The Hall–Kier alpha value is -13.4. The largest absolute Gasteiger partial charge is 0.455 e. The van der Waals surface area contributed by atoms with Crippen LogP contribution in [0.3, 0.4) is 0 Å². The number of pyridine rings is 10. The van der Waals surface area contributed by atoms with Crippen molar-refractivity contribution in [1.82, 2.24) is 24.9 Å². The van der Waals surface area contributed by atoms with Gasteiger partial charge in [-0.25, -0.2) is 27.8 Å². The van der Waals surface area contributed by atoms with E-state index in [4.69, 9.17) is 22.1 Å². The highest BCUT2D eigenvalue weighted by Crippen LogP contribution is 2.42. The van der Waals surface area contributed by atoms with Gasteiger partial charge in [0.25, 0.3) is 0 Å². The van der Waals surface area contributed by atoms with Gasteiger partial charge >= 0.3 is 0 Å². The van der Waals surface area contributed by atoms with Gasteiger partial charge in [0.2, 0.25) is 34.2 Å². The highest BCUT2D eigenvalue weighted by Gasteiger charge is 2.27. The summed E-state index contributed by atoms with van der Waals surface area (Å²) in [5.41, 5.74) is 31.8. The van der Waals surface area contributed by atoms with Gasteiger partial charge in [0, 0.05) is 140 Å². The fourth-order valence-corrected chi connectivity index (χ4v) is 14.9. The van der Waals surface area contributed by atoms with E-state index in [0.29, 0.717) is 5.71 Å². The van der Waals surface area contributed by atoms with Crippen molar-refractivity contribution in [2.75, 3.05) is 0 Å². The van der Waals surface area contributed by atoms with Crippen molar-refractivity contribution in [3.63, 3.8) is 0 Å². The first-order valence-electron chi connectivity index (χ1n) is 36.5. The molecule has 534 valence electrons. The second kappa shape index (κ2) is 28.8. The molecular weight excluding hydrogens is 1350 g/mol. The lowest BCUT2D eigenvalue weighted by Gasteiger charge is -2.06. The number of fused-ring (bicyclic) bond motifs is 15. The van der Waals surface area contributed by atoms with E-state index in [0.717, 1.165) is 166 Å². The molecule has 15 aromatic heterocycles. The molecule has 0 spiro atoms. The number of nitrogens with zero attached hydrogens (tertiary/aromatic N) is 10. The van der Waals surface area contributed by atoms with Crippen molar-refractivity contribution >= 4 is 110 Å². The third-order valence-corrected chi connectivity index (χ3v) is 20.7. The second-order valence-electron chi connectivity index (χ2n) is 28.5. The standard InChI is InChI=1S/4C19H17N2O.C18H15N2O/c2*1-12-7-9-21(3)16(10-12)18-13(2)4-5-15-14-6-8-20-11-17(14)22-19(15)18;1-12-8-10-21(3)15(11-12)17-13(2)6-7-14-18-16(22-19(14)17)5-4-9-20-18;1-12-8-10-21(3)16(11-12)17-13(2)6-7-14-15-5-4-9-20-19(15)22-18(14)17;1-12-17(15-8-5-6-10-20(15)2)18-14(11-19-12)13-7-3-4-9-16(13)21-18/h4*4-11H,1-3H3;3-11H,1-2H3/q5*+1. The summed E-state index contributed by atoms with van der Waals surface area (Å²) in [6, 6.07) is 60.5. The first-order chi connectivity index (χ1) is 52.8. The molecule has 0 amide bonds. The third kappa shape index (κ3) is 13.0. The summed E-state index contributed by atoms with van der Waals surface area (Å²) < 4.78 is 41.3. The van der Waals surface area contributed by atoms with Crippen LogP contribution in [-0.2, 0) is 35.2 Å². The maximum absolute atomic E-state index is 6.14. The van der Waals surface area contributed by atoms with Crippen molar-refractivity contribution in [2.24, 2.45) is 35.2 Å². The molecule has 20 aromatic rings. The van der Waals surface area contributed by atoms with E-state index in [2.05, 4.69) is 271 Å². The van der Waals surface area contributed by atoms with E-state index in [1.54, 1.807) is 18.6 Å². The minimum absolute atomic E-state index is 0.694. The predicted octanol–water partition coefficient (Wildman–Crippen LogP) is 20.1. The smallest absolute Gasteiger partial charge is 0.227 e. The second-order valence-corrected chi connectivity index (χ2v) is 28.5. The number of rotatable bonds is 5. The maximum Gasteiger partial charge on any atom is 0.227 e. The molecule has 15 heterocycles. The van der Waals surface area contributed by atoms with Gasteiger partial charge in [0.1, 0.15) is 63.1 Å². The minimum atomic E-state index is 0.694. The number of para-hydroxylation sites is 1. The fraction of sp³-hybridized carbons (Fsp3) is 0.149. The molecule has 0 unspecified atom stereocenters. The zero-order valence-electron chi connectivity index (χ0n) is 63.7. The molecule has 0 fully saturated rings. The van der Waals surface area contributed by atoms with Gasteiger partial charge in [-0.1, -0.05) is 60.7 Å². The lowest BCUT2D eigenvalue weighted by Crippen LogP contribution is -2.30. The molecule has 15 nitrogen and oxygen atoms in total. The van der Waals surface area contributed by atoms with Crippen molar-refractivity contribution in [2.45, 2.75) is 62.3 Å². The van der Waals surface area contributed by atoms with E-state index in [9.17, 15) is 0 Å². The highest BCUT2D eigenvalue weighted by atomic mass is 16.3. The Morgan fingerprint density at radius 1 is 0.257 bits per heavy atom. The predicted molar refractivity (Wildman–Crippen MR) is 433 cm³/mol. The monoisotopic (exact) mass is 1430 g/mol. The molecule has 0 bridgehead atoms. The van der Waals surface area contributed by atoms with Crippen LogP contribution in [0.1, 0.15) is 50.2 Å². The van der Waals surface area contributed by atoms with Crippen LogP contribution in [0.15, 0.2) is 272 Å². The normalized spacial score (nSPS) is 11.4. The molecule has 5 aromatic carbocycles. The fourth-order valence-electron chi connectivity index (χ4n) is 14.9. The van der Waals surface area contributed by atoms with Crippen molar-refractivity contribution in [1.29, 1.82) is 0 Å². The van der Waals surface area contributed by atoms with Crippen LogP contribution in [0.4, 0.5) is 0 Å². The van der Waals surface area contributed by atoms with E-state index in [-0.39, 0.29) is 0 Å². The van der Waals surface area contributed by atoms with E-state index in [1.165, 1.54) is 44.5 Å². The summed E-state index contributed by atoms with van der Waals surface area (Å²) in [7, 11) is 10.3. The maximum atomic E-state index is 6.14. The van der Waals surface area contributed by atoms with E-state index in [1.807, 2.05) is 106 Å². The molecule has 0 atom stereocenters. The van der Waals surface area contributed by atoms with Gasteiger partial charge in [-0.3, -0.25) is 19.9 Å². The highest BCUT2D eigenvalue weighted by molar-refractivity contribution is 6.13. The Bertz CT molecular complexity index is 6290. The first kappa shape index (κ1) is 69.9. The molecular formula is C94H83N10O5+5. The van der Waals surface area contributed by atoms with Crippen LogP contribution >= 0.6 is 0 Å². The van der Waals surface area contributed by atoms with Crippen LogP contribution in [0.25, 0.3) is 166 Å². The first-order valence-corrected chi connectivity index (χ1v) is 36.5. The minimum Gasteiger partial charge on any atom is -0.455 e. The van der Waals surface area contributed by atoms with Gasteiger partial charge in [0.15, 0.2) is 64.5 Å². The number of hydrogen-bond donors (Lipinski definition) is 0. The summed E-state index contributed by atoms with van der Waals surface area (Å²) >= 11 is 0. The average molecular weight is 1430 g/mol. The van der Waals surface area contributed by atoms with Crippen molar-refractivity contribution in [3.8, 4) is 56.3 Å². The summed E-state index contributed by atoms with van der Waals surface area (Å²) in [6.07, 6.45) is 23.1. The van der Waals surface area contributed by atoms with Crippen molar-refractivity contribution < 1.29 is 44.9 Å². The molecule has 0 aliphatic carbocycles. The van der Waals surface area contributed by atoms with E-state index >= 15 is 0 Å². The molecule has 15 heteroatoms. The van der Waals surface area contributed by atoms with Gasteiger partial charge in [0.05, 0.1) is 40.3 Å². The lowest BCUT2D eigenvalue weighted by molar-refractivity contribution is -0.660. The average Bonchev–Trinajstić information content (AvgIpc) is 1.58. The SMILES string of the molecule is Cc1cc[n+](C)c(-c2c(C)ccc3c2oc2cccnc23)c1.Cc1cc[n+](C)c(-c2c(C)ccc3c2oc2cnccc23)c1.Cc1cc[n+](C)c(-c2c(C)ccc3c2oc2cnccc23)c1.Cc1cc[n+](C)c(-c2c(C)ccc3c2oc2ncccc23)c1.Cc1ncc2c(oc3ccccc32)c1-c1cccc[n+]1C. The van der Waals surface area contributed by atoms with Gasteiger partial charge in [-0.05, 0) is 161 Å². The zero-order valence-corrected chi connectivity index (χ0v) is 63.7. The molecule has 0 aliphatic heterocycles. The Morgan fingerprint density at radius 3 is 1.16 bits per heavy atom. The van der Waals surface area contributed by atoms with Gasteiger partial charge in [-0.15, -0.1) is 0 Å². The molecule has 109 heavy (non-hydrogen) atoms. The molecule has 0 saturated carbocycles. The van der Waals surface area contributed by atoms with Crippen molar-refractivity contribution in [3.05, 3.63) is 300 Å². The zero-order chi connectivity index (χ0) is 75.5. The Morgan fingerprint density at radius 2 is 0.642 bits per heavy atom. The van der Waals surface area contributed by atoms with Crippen LogP contribution in [0.2, 0.25) is 0 Å². The molecule has 20 rings (SSSR count). The topological polar surface area (TPSA) is 150 Å². The molecule has 0 radical (unpaired) electrons. The summed E-state index contributed by atoms with van der Waals surface area (Å²) in [4.78, 5) is 21.7. The number of aromatic nitrogens is 10. The van der Waals surface area contributed by atoms with Crippen LogP contribution in [0, 0.1) is 62.3 Å². The Balaban J connectivity index is 0.000000104. The van der Waals surface area contributed by atoms with Crippen LogP contribution < -0.4 is 22.8 Å². The number of hydrogen-bond acceptors (Lipinski definition) is 10.